The number of hydrogen-bond donors (Lipinski definition) is 0. The summed E-state index contributed by atoms with van der Waals surface area (Å²) < 4.78 is 40.2. The lowest BCUT2D eigenvalue weighted by Gasteiger charge is -2.34. The van der Waals surface area contributed by atoms with E-state index in [1.807, 2.05) is 18.2 Å². The Morgan fingerprint density at radius 2 is 1.50 bits per heavy atom. The van der Waals surface area contributed by atoms with E-state index in [0.717, 1.165) is 37.9 Å². The van der Waals surface area contributed by atoms with Gasteiger partial charge in [-0.05, 0) is 48.5 Å². The summed E-state index contributed by atoms with van der Waals surface area (Å²) in [6.45, 7) is 3.49. The highest BCUT2D eigenvalue weighted by molar-refractivity contribution is 6.10. The molecule has 1 heterocycles. The lowest BCUT2D eigenvalue weighted by atomic mass is 10.0. The fourth-order valence-electron chi connectivity index (χ4n) is 3.38. The number of rotatable bonds is 6. The molecule has 2 aromatic rings. The standard InChI is InChI=1S/C25H23F3N2O4/c1-29-13-15-30(16-14-29)21-8-3-2-7-20(21)22(31)11-9-18-5-4-6-19(17-18)10-12-23(32)34-24(33)25(26,27)28/h2-12,17H,13-16H2,1H3/b11-9+,12-10+. The van der Waals surface area contributed by atoms with Gasteiger partial charge in [0.15, 0.2) is 5.78 Å². The zero-order valence-corrected chi connectivity index (χ0v) is 18.4. The molecule has 0 spiro atoms. The van der Waals surface area contributed by atoms with Crippen LogP contribution in [0.3, 0.4) is 0 Å². The summed E-state index contributed by atoms with van der Waals surface area (Å²) in [5.41, 5.74) is 2.60. The maximum Gasteiger partial charge on any atom is 0.491 e. The number of carbonyl (C=O) groups is 3. The lowest BCUT2D eigenvalue weighted by molar-refractivity contribution is -0.200. The molecule has 178 valence electrons. The maximum absolute atomic E-state index is 12.9. The summed E-state index contributed by atoms with van der Waals surface area (Å²) in [5.74, 6) is -4.17. The van der Waals surface area contributed by atoms with Crippen molar-refractivity contribution in [1.82, 2.24) is 4.90 Å². The zero-order chi connectivity index (χ0) is 24.7. The average molecular weight is 472 g/mol. The van der Waals surface area contributed by atoms with Gasteiger partial charge >= 0.3 is 18.1 Å². The number of likely N-dealkylation sites (N-methyl/N-ethyl adjacent to an activating group) is 1. The van der Waals surface area contributed by atoms with Crippen molar-refractivity contribution in [2.45, 2.75) is 6.18 Å². The second-order valence-corrected chi connectivity index (χ2v) is 7.71. The van der Waals surface area contributed by atoms with Gasteiger partial charge in [-0.25, -0.2) is 9.59 Å². The molecule has 0 aliphatic carbocycles. The van der Waals surface area contributed by atoms with Crippen LogP contribution in [-0.2, 0) is 14.3 Å². The van der Waals surface area contributed by atoms with Crippen LogP contribution in [0.5, 0.6) is 0 Å². The topological polar surface area (TPSA) is 66.9 Å². The number of alkyl halides is 3. The molecule has 2 aromatic carbocycles. The molecule has 0 amide bonds. The molecular formula is C25H23F3N2O4. The van der Waals surface area contributed by atoms with Crippen LogP contribution in [0.25, 0.3) is 12.2 Å². The van der Waals surface area contributed by atoms with Crippen LogP contribution in [-0.4, -0.2) is 62.0 Å². The fraction of sp³-hybridized carbons (Fsp3) is 0.240. The minimum absolute atomic E-state index is 0.162. The normalized spacial score (nSPS) is 15.1. The third-order valence-corrected chi connectivity index (χ3v) is 5.19. The minimum atomic E-state index is -5.25. The number of hydrogen-bond acceptors (Lipinski definition) is 6. The van der Waals surface area contributed by atoms with Gasteiger partial charge in [0.05, 0.1) is 0 Å². The second-order valence-electron chi connectivity index (χ2n) is 7.71. The molecule has 1 aliphatic rings. The Bertz CT molecular complexity index is 1120. The SMILES string of the molecule is CN1CCN(c2ccccc2C(=O)/C=C/c2cccc(/C=C/C(=O)OC(=O)C(F)(F)F)c2)CC1. The fourth-order valence-corrected chi connectivity index (χ4v) is 3.38. The Balaban J connectivity index is 1.68. The quantitative estimate of drug-likeness (QED) is 0.274. The molecule has 3 rings (SSSR count). The van der Waals surface area contributed by atoms with E-state index in [1.54, 1.807) is 36.4 Å². The van der Waals surface area contributed by atoms with E-state index < -0.39 is 18.1 Å². The summed E-state index contributed by atoms with van der Waals surface area (Å²) in [5, 5.41) is 0. The number of ether oxygens (including phenoxy) is 1. The van der Waals surface area contributed by atoms with E-state index in [4.69, 9.17) is 0 Å². The van der Waals surface area contributed by atoms with Crippen molar-refractivity contribution in [3.63, 3.8) is 0 Å². The zero-order valence-electron chi connectivity index (χ0n) is 18.4. The maximum atomic E-state index is 12.9. The molecule has 0 atom stereocenters. The van der Waals surface area contributed by atoms with Crippen LogP contribution >= 0.6 is 0 Å². The highest BCUT2D eigenvalue weighted by Gasteiger charge is 2.42. The molecule has 1 aliphatic heterocycles. The van der Waals surface area contributed by atoms with Gasteiger partial charge in [0, 0.05) is 43.5 Å². The van der Waals surface area contributed by atoms with Crippen LogP contribution in [0, 0.1) is 0 Å². The molecule has 34 heavy (non-hydrogen) atoms. The Morgan fingerprint density at radius 1 is 0.882 bits per heavy atom. The van der Waals surface area contributed by atoms with Crippen molar-refractivity contribution in [3.05, 3.63) is 77.4 Å². The monoisotopic (exact) mass is 472 g/mol. The van der Waals surface area contributed by atoms with E-state index in [0.29, 0.717) is 16.7 Å². The van der Waals surface area contributed by atoms with Gasteiger partial charge in [-0.1, -0.05) is 36.4 Å². The first-order valence-corrected chi connectivity index (χ1v) is 10.5. The number of ketones is 1. The molecule has 6 nitrogen and oxygen atoms in total. The number of benzene rings is 2. The van der Waals surface area contributed by atoms with Crippen molar-refractivity contribution >= 4 is 35.6 Å². The van der Waals surface area contributed by atoms with Crippen molar-refractivity contribution in [2.75, 3.05) is 38.1 Å². The molecule has 0 bridgehead atoms. The Hall–Kier alpha value is -3.72. The average Bonchev–Trinajstić information content (AvgIpc) is 2.81. The first-order valence-electron chi connectivity index (χ1n) is 10.5. The molecule has 0 N–H and O–H groups in total. The Labute approximate surface area is 194 Å². The van der Waals surface area contributed by atoms with Gasteiger partial charge < -0.3 is 14.5 Å². The molecule has 0 radical (unpaired) electrons. The smallest absolute Gasteiger partial charge is 0.383 e. The lowest BCUT2D eigenvalue weighted by Crippen LogP contribution is -2.44. The van der Waals surface area contributed by atoms with E-state index in [9.17, 15) is 27.6 Å². The van der Waals surface area contributed by atoms with Gasteiger partial charge in [-0.15, -0.1) is 0 Å². The van der Waals surface area contributed by atoms with Gasteiger partial charge in [0.25, 0.3) is 0 Å². The second kappa shape index (κ2) is 10.9. The van der Waals surface area contributed by atoms with E-state index in [2.05, 4.69) is 21.6 Å². The van der Waals surface area contributed by atoms with Crippen LogP contribution in [0.15, 0.2) is 60.7 Å². The molecule has 1 saturated heterocycles. The summed E-state index contributed by atoms with van der Waals surface area (Å²) in [7, 11) is 2.06. The van der Waals surface area contributed by atoms with Crippen LogP contribution in [0.2, 0.25) is 0 Å². The minimum Gasteiger partial charge on any atom is -0.383 e. The number of carbonyl (C=O) groups excluding carboxylic acids is 3. The number of anilines is 1. The van der Waals surface area contributed by atoms with Crippen molar-refractivity contribution in [3.8, 4) is 0 Å². The molecule has 1 fully saturated rings. The van der Waals surface area contributed by atoms with Crippen LogP contribution < -0.4 is 4.90 Å². The molecule has 0 unspecified atom stereocenters. The summed E-state index contributed by atoms with van der Waals surface area (Å²) >= 11 is 0. The van der Waals surface area contributed by atoms with E-state index in [1.165, 1.54) is 12.2 Å². The van der Waals surface area contributed by atoms with Gasteiger partial charge in [0.2, 0.25) is 0 Å². The van der Waals surface area contributed by atoms with Crippen LogP contribution in [0.4, 0.5) is 18.9 Å². The summed E-state index contributed by atoms with van der Waals surface area (Å²) in [6, 6.07) is 14.1. The predicted octanol–water partition coefficient (Wildman–Crippen LogP) is 3.98. The summed E-state index contributed by atoms with van der Waals surface area (Å²) in [4.78, 5) is 39.4. The first kappa shape index (κ1) is 24.9. The molecule has 9 heteroatoms. The van der Waals surface area contributed by atoms with E-state index in [-0.39, 0.29) is 5.78 Å². The Kier molecular flexibility index (Phi) is 8.01. The number of esters is 2. The predicted molar refractivity (Wildman–Crippen MR) is 122 cm³/mol. The van der Waals surface area contributed by atoms with Gasteiger partial charge in [0.1, 0.15) is 0 Å². The number of halogens is 3. The van der Waals surface area contributed by atoms with Crippen molar-refractivity contribution in [1.29, 1.82) is 0 Å². The molecule has 0 aromatic heterocycles. The van der Waals surface area contributed by atoms with Crippen molar-refractivity contribution < 1.29 is 32.3 Å². The first-order chi connectivity index (χ1) is 16.1. The highest BCUT2D eigenvalue weighted by Crippen LogP contribution is 2.23. The van der Waals surface area contributed by atoms with Crippen molar-refractivity contribution in [2.24, 2.45) is 0 Å². The third-order valence-electron chi connectivity index (χ3n) is 5.19. The van der Waals surface area contributed by atoms with E-state index >= 15 is 0 Å². The third kappa shape index (κ3) is 6.89. The molecule has 0 saturated carbocycles. The number of para-hydroxylation sites is 1. The van der Waals surface area contributed by atoms with Gasteiger partial charge in [-0.2, -0.15) is 13.2 Å². The van der Waals surface area contributed by atoms with Gasteiger partial charge in [-0.3, -0.25) is 4.79 Å². The number of piperazine rings is 1. The summed E-state index contributed by atoms with van der Waals surface area (Å²) in [6.07, 6.45) is -0.235. The number of allylic oxidation sites excluding steroid dienone is 1. The largest absolute Gasteiger partial charge is 0.491 e. The highest BCUT2D eigenvalue weighted by atomic mass is 19.4. The number of nitrogens with zero attached hydrogens (tertiary/aromatic N) is 2. The van der Waals surface area contributed by atoms with Crippen LogP contribution in [0.1, 0.15) is 21.5 Å². The Morgan fingerprint density at radius 3 is 2.15 bits per heavy atom. The molecular weight excluding hydrogens is 449 g/mol.